The van der Waals surface area contributed by atoms with E-state index in [0.717, 1.165) is 31.2 Å². The third-order valence-corrected chi connectivity index (χ3v) is 4.31. The summed E-state index contributed by atoms with van der Waals surface area (Å²) >= 11 is 0. The van der Waals surface area contributed by atoms with Crippen LogP contribution in [0.5, 0.6) is 0 Å². The number of rotatable bonds is 3. The monoisotopic (exact) mass is 321 g/mol. The van der Waals surface area contributed by atoms with Gasteiger partial charge in [-0.2, -0.15) is 4.98 Å². The average molecular weight is 322 g/mol. The number of hydrogen-bond donors (Lipinski definition) is 1. The van der Waals surface area contributed by atoms with Crippen LogP contribution < -0.4 is 5.32 Å². The minimum atomic E-state index is 0. The number of nitrogens with zero attached hydrogens (tertiary/aromatic N) is 4. The van der Waals surface area contributed by atoms with Gasteiger partial charge >= 0.3 is 0 Å². The van der Waals surface area contributed by atoms with E-state index in [1.165, 1.54) is 18.4 Å². The molecular formula is C15H20ClN5O. The van der Waals surface area contributed by atoms with Crippen LogP contribution in [0.3, 0.4) is 0 Å². The second-order valence-electron chi connectivity index (χ2n) is 5.91. The number of aromatic nitrogens is 3. The Morgan fingerprint density at radius 1 is 1.32 bits per heavy atom. The molecule has 1 saturated carbocycles. The van der Waals surface area contributed by atoms with E-state index in [4.69, 9.17) is 4.52 Å². The van der Waals surface area contributed by atoms with Gasteiger partial charge in [0.25, 0.3) is 5.89 Å². The van der Waals surface area contributed by atoms with Crippen LogP contribution in [0.2, 0.25) is 0 Å². The standard InChI is InChI=1S/C15H19N5O.ClH/c1-20-7-6-16-9-13(20)14-18-15(21-19-14)12-5-4-11(8-17-12)10-2-3-10;/h4-5,8,10,13,16H,2-3,6-7,9H2,1H3;1H. The van der Waals surface area contributed by atoms with Crippen molar-refractivity contribution in [3.8, 4) is 11.6 Å². The highest BCUT2D eigenvalue weighted by Gasteiger charge is 2.26. The lowest BCUT2D eigenvalue weighted by Gasteiger charge is -2.30. The van der Waals surface area contributed by atoms with Crippen molar-refractivity contribution in [3.63, 3.8) is 0 Å². The average Bonchev–Trinajstić information content (AvgIpc) is 3.26. The molecule has 6 nitrogen and oxygen atoms in total. The lowest BCUT2D eigenvalue weighted by molar-refractivity contribution is 0.190. The molecule has 2 fully saturated rings. The van der Waals surface area contributed by atoms with Gasteiger partial charge in [-0.3, -0.25) is 9.88 Å². The van der Waals surface area contributed by atoms with Gasteiger partial charge in [0.15, 0.2) is 5.82 Å². The molecule has 2 aromatic heterocycles. The van der Waals surface area contributed by atoms with Crippen molar-refractivity contribution in [2.24, 2.45) is 0 Å². The first-order chi connectivity index (χ1) is 10.3. The summed E-state index contributed by atoms with van der Waals surface area (Å²) in [7, 11) is 2.09. The number of nitrogens with one attached hydrogen (secondary N) is 1. The van der Waals surface area contributed by atoms with Crippen molar-refractivity contribution in [2.75, 3.05) is 26.7 Å². The largest absolute Gasteiger partial charge is 0.332 e. The van der Waals surface area contributed by atoms with Crippen molar-refractivity contribution in [2.45, 2.75) is 24.8 Å². The Kier molecular flexibility index (Phi) is 4.42. The van der Waals surface area contributed by atoms with Crippen LogP contribution in [0.1, 0.15) is 36.2 Å². The number of likely N-dealkylation sites (N-methyl/N-ethyl adjacent to an activating group) is 1. The molecule has 2 aliphatic rings. The Morgan fingerprint density at radius 2 is 2.18 bits per heavy atom. The van der Waals surface area contributed by atoms with E-state index in [2.05, 4.69) is 38.5 Å². The van der Waals surface area contributed by atoms with Crippen LogP contribution in [0.4, 0.5) is 0 Å². The second kappa shape index (κ2) is 6.32. The first-order valence-corrected chi connectivity index (χ1v) is 7.52. The fourth-order valence-corrected chi connectivity index (χ4v) is 2.76. The molecule has 22 heavy (non-hydrogen) atoms. The van der Waals surface area contributed by atoms with E-state index in [-0.39, 0.29) is 18.4 Å². The van der Waals surface area contributed by atoms with Gasteiger partial charge in [-0.15, -0.1) is 12.4 Å². The van der Waals surface area contributed by atoms with Gasteiger partial charge < -0.3 is 9.84 Å². The van der Waals surface area contributed by atoms with E-state index in [9.17, 15) is 0 Å². The molecule has 1 aliphatic carbocycles. The van der Waals surface area contributed by atoms with Crippen molar-refractivity contribution in [1.82, 2.24) is 25.3 Å². The smallest absolute Gasteiger partial charge is 0.276 e. The summed E-state index contributed by atoms with van der Waals surface area (Å²) in [6.45, 7) is 2.84. The highest BCUT2D eigenvalue weighted by Crippen LogP contribution is 2.39. The van der Waals surface area contributed by atoms with Gasteiger partial charge in [0.2, 0.25) is 0 Å². The number of pyridine rings is 1. The summed E-state index contributed by atoms with van der Waals surface area (Å²) in [5, 5.41) is 7.49. The quantitative estimate of drug-likeness (QED) is 0.932. The van der Waals surface area contributed by atoms with Crippen LogP contribution in [-0.4, -0.2) is 46.7 Å². The zero-order valence-electron chi connectivity index (χ0n) is 12.5. The Labute approximate surface area is 135 Å². The summed E-state index contributed by atoms with van der Waals surface area (Å²) in [5.74, 6) is 1.95. The molecule has 0 radical (unpaired) electrons. The molecule has 1 N–H and O–H groups in total. The summed E-state index contributed by atoms with van der Waals surface area (Å²) in [5.41, 5.74) is 2.07. The van der Waals surface area contributed by atoms with Crippen molar-refractivity contribution in [3.05, 3.63) is 29.7 Å². The van der Waals surface area contributed by atoms with Crippen molar-refractivity contribution in [1.29, 1.82) is 0 Å². The van der Waals surface area contributed by atoms with Gasteiger partial charge in [-0.25, -0.2) is 0 Å². The Bertz CT molecular complexity index is 625. The third-order valence-electron chi connectivity index (χ3n) is 4.31. The molecule has 0 spiro atoms. The Balaban J connectivity index is 0.00000144. The minimum absolute atomic E-state index is 0. The van der Waals surface area contributed by atoms with Crippen LogP contribution >= 0.6 is 12.4 Å². The lowest BCUT2D eigenvalue weighted by atomic mass is 10.2. The van der Waals surface area contributed by atoms with Gasteiger partial charge in [-0.1, -0.05) is 11.2 Å². The minimum Gasteiger partial charge on any atom is -0.332 e. The molecule has 2 aromatic rings. The molecule has 1 saturated heterocycles. The fraction of sp³-hybridized carbons (Fsp3) is 0.533. The highest BCUT2D eigenvalue weighted by molar-refractivity contribution is 5.85. The van der Waals surface area contributed by atoms with Crippen LogP contribution in [0, 0.1) is 0 Å². The van der Waals surface area contributed by atoms with Gasteiger partial charge in [0.1, 0.15) is 5.69 Å². The summed E-state index contributed by atoms with van der Waals surface area (Å²) in [4.78, 5) is 11.2. The number of piperazine rings is 1. The van der Waals surface area contributed by atoms with E-state index < -0.39 is 0 Å². The summed E-state index contributed by atoms with van der Waals surface area (Å²) in [6.07, 6.45) is 4.50. The lowest BCUT2D eigenvalue weighted by Crippen LogP contribution is -2.44. The van der Waals surface area contributed by atoms with Crippen LogP contribution in [-0.2, 0) is 0 Å². The number of halogens is 1. The van der Waals surface area contributed by atoms with Crippen molar-refractivity contribution >= 4 is 12.4 Å². The van der Waals surface area contributed by atoms with E-state index >= 15 is 0 Å². The van der Waals surface area contributed by atoms with E-state index in [0.29, 0.717) is 11.8 Å². The SMILES string of the molecule is CN1CCNCC1c1noc(-c2ccc(C3CC3)cn2)n1.Cl. The molecule has 4 rings (SSSR count). The van der Waals surface area contributed by atoms with Gasteiger partial charge in [0.05, 0.1) is 6.04 Å². The fourth-order valence-electron chi connectivity index (χ4n) is 2.76. The second-order valence-corrected chi connectivity index (χ2v) is 5.91. The Morgan fingerprint density at radius 3 is 2.86 bits per heavy atom. The molecule has 3 heterocycles. The maximum atomic E-state index is 5.39. The first-order valence-electron chi connectivity index (χ1n) is 7.52. The van der Waals surface area contributed by atoms with Gasteiger partial charge in [-0.05, 0) is 37.4 Å². The molecule has 0 aromatic carbocycles. The third kappa shape index (κ3) is 2.99. The maximum Gasteiger partial charge on any atom is 0.276 e. The Hall–Kier alpha value is -1.50. The van der Waals surface area contributed by atoms with Gasteiger partial charge in [0, 0.05) is 25.8 Å². The molecule has 7 heteroatoms. The molecule has 1 aliphatic heterocycles. The van der Waals surface area contributed by atoms with E-state index in [1.807, 2.05) is 12.3 Å². The first kappa shape index (κ1) is 15.4. The molecule has 1 unspecified atom stereocenters. The zero-order chi connectivity index (χ0) is 14.2. The normalized spacial score (nSPS) is 22.3. The van der Waals surface area contributed by atoms with Crippen molar-refractivity contribution < 1.29 is 4.52 Å². The zero-order valence-corrected chi connectivity index (χ0v) is 13.3. The maximum absolute atomic E-state index is 5.39. The molecule has 118 valence electrons. The topological polar surface area (TPSA) is 67.1 Å². The molecule has 1 atom stereocenters. The molecule has 0 amide bonds. The summed E-state index contributed by atoms with van der Waals surface area (Å²) < 4.78 is 5.39. The summed E-state index contributed by atoms with van der Waals surface area (Å²) in [6, 6.07) is 4.27. The number of hydrogen-bond acceptors (Lipinski definition) is 6. The van der Waals surface area contributed by atoms with Crippen LogP contribution in [0.15, 0.2) is 22.9 Å². The predicted molar refractivity (Wildman–Crippen MR) is 85.0 cm³/mol. The van der Waals surface area contributed by atoms with Crippen LogP contribution in [0.25, 0.3) is 11.6 Å². The highest BCUT2D eigenvalue weighted by atomic mass is 35.5. The predicted octanol–water partition coefficient (Wildman–Crippen LogP) is 2.01. The molecule has 0 bridgehead atoms. The van der Waals surface area contributed by atoms with E-state index in [1.54, 1.807) is 0 Å². The molecular weight excluding hydrogens is 302 g/mol.